The van der Waals surface area contributed by atoms with Gasteiger partial charge >= 0.3 is 0 Å². The summed E-state index contributed by atoms with van der Waals surface area (Å²) in [7, 11) is 0. The highest BCUT2D eigenvalue weighted by Gasteiger charge is 2.13. The number of thioether (sulfide) groups is 1. The van der Waals surface area contributed by atoms with Gasteiger partial charge in [0.1, 0.15) is 5.76 Å². The Balaban J connectivity index is 1.51. The Labute approximate surface area is 159 Å². The van der Waals surface area contributed by atoms with Crippen LogP contribution in [0.3, 0.4) is 0 Å². The third-order valence-corrected chi connectivity index (χ3v) is 5.71. The van der Waals surface area contributed by atoms with Gasteiger partial charge in [0.25, 0.3) is 5.91 Å². The lowest BCUT2D eigenvalue weighted by atomic mass is 10.2. The maximum atomic E-state index is 12.4. The van der Waals surface area contributed by atoms with Crippen LogP contribution in [0.25, 0.3) is 0 Å². The smallest absolute Gasteiger partial charge is 0.252 e. The molecule has 2 N–H and O–H groups in total. The summed E-state index contributed by atoms with van der Waals surface area (Å²) < 4.78 is 5.15. The predicted octanol–water partition coefficient (Wildman–Crippen LogP) is 3.68. The van der Waals surface area contributed by atoms with Crippen LogP contribution >= 0.6 is 23.1 Å². The van der Waals surface area contributed by atoms with E-state index in [0.717, 1.165) is 10.6 Å². The molecule has 0 aliphatic heterocycles. The fourth-order valence-electron chi connectivity index (χ4n) is 2.24. The second-order valence-corrected chi connectivity index (χ2v) is 7.45. The van der Waals surface area contributed by atoms with Crippen molar-refractivity contribution in [3.05, 3.63) is 76.4 Å². The van der Waals surface area contributed by atoms with Crippen molar-refractivity contribution in [2.24, 2.45) is 0 Å². The Morgan fingerprint density at radius 3 is 2.69 bits per heavy atom. The van der Waals surface area contributed by atoms with E-state index in [2.05, 4.69) is 16.7 Å². The zero-order chi connectivity index (χ0) is 18.2. The summed E-state index contributed by atoms with van der Waals surface area (Å²) in [4.78, 5) is 26.5. The van der Waals surface area contributed by atoms with Crippen molar-refractivity contribution in [3.8, 4) is 0 Å². The van der Waals surface area contributed by atoms with Crippen LogP contribution in [0.1, 0.15) is 21.0 Å². The third kappa shape index (κ3) is 5.24. The van der Waals surface area contributed by atoms with E-state index >= 15 is 0 Å². The molecule has 26 heavy (non-hydrogen) atoms. The van der Waals surface area contributed by atoms with Gasteiger partial charge in [-0.3, -0.25) is 9.59 Å². The minimum Gasteiger partial charge on any atom is -0.467 e. The van der Waals surface area contributed by atoms with Crippen LogP contribution in [0.2, 0.25) is 0 Å². The van der Waals surface area contributed by atoms with Gasteiger partial charge in [0.15, 0.2) is 0 Å². The van der Waals surface area contributed by atoms with E-state index in [9.17, 15) is 9.59 Å². The molecule has 0 radical (unpaired) electrons. The molecule has 2 amide bonds. The standard InChI is InChI=1S/C19H18N2O3S2/c22-18(20-11-14-5-3-9-24-14)12-21-19(23)16-7-1-2-8-17(16)26-13-15-6-4-10-25-15/h1-10H,11-13H2,(H,20,22)(H,21,23). The second kappa shape index (κ2) is 9.26. The van der Waals surface area contributed by atoms with Crippen LogP contribution in [0.15, 0.2) is 69.5 Å². The quantitative estimate of drug-likeness (QED) is 0.580. The Kier molecular flexibility index (Phi) is 6.51. The zero-order valence-corrected chi connectivity index (χ0v) is 15.6. The van der Waals surface area contributed by atoms with E-state index < -0.39 is 0 Å². The molecule has 134 valence electrons. The molecule has 5 nitrogen and oxygen atoms in total. The minimum absolute atomic E-state index is 0.0799. The number of hydrogen-bond donors (Lipinski definition) is 2. The van der Waals surface area contributed by atoms with Gasteiger partial charge in [-0.2, -0.15) is 0 Å². The highest BCUT2D eigenvalue weighted by Crippen LogP contribution is 2.27. The number of carbonyl (C=O) groups excluding carboxylic acids is 2. The largest absolute Gasteiger partial charge is 0.467 e. The van der Waals surface area contributed by atoms with Crippen LogP contribution in [0.5, 0.6) is 0 Å². The van der Waals surface area contributed by atoms with Crippen molar-refractivity contribution in [1.29, 1.82) is 0 Å². The lowest BCUT2D eigenvalue weighted by Gasteiger charge is -2.10. The van der Waals surface area contributed by atoms with Gasteiger partial charge in [0.2, 0.25) is 5.91 Å². The van der Waals surface area contributed by atoms with E-state index in [0.29, 0.717) is 17.9 Å². The van der Waals surface area contributed by atoms with Crippen LogP contribution < -0.4 is 10.6 Å². The lowest BCUT2D eigenvalue weighted by molar-refractivity contribution is -0.120. The van der Waals surface area contributed by atoms with Crippen molar-refractivity contribution in [1.82, 2.24) is 10.6 Å². The number of amides is 2. The van der Waals surface area contributed by atoms with Crippen molar-refractivity contribution in [2.45, 2.75) is 17.2 Å². The average Bonchev–Trinajstić information content (AvgIpc) is 3.36. The first kappa shape index (κ1) is 18.3. The number of rotatable bonds is 8. The number of furan rings is 1. The molecule has 0 unspecified atom stereocenters. The van der Waals surface area contributed by atoms with Crippen molar-refractivity contribution in [2.75, 3.05) is 6.54 Å². The van der Waals surface area contributed by atoms with Crippen LogP contribution in [-0.2, 0) is 17.1 Å². The molecular formula is C19H18N2O3S2. The molecule has 0 aliphatic rings. The van der Waals surface area contributed by atoms with Gasteiger partial charge in [-0.25, -0.2) is 0 Å². The SMILES string of the molecule is O=C(CNC(=O)c1ccccc1SCc1cccs1)NCc1ccco1. The minimum atomic E-state index is -0.265. The second-order valence-electron chi connectivity index (χ2n) is 5.40. The average molecular weight is 386 g/mol. The lowest BCUT2D eigenvalue weighted by Crippen LogP contribution is -2.36. The summed E-state index contributed by atoms with van der Waals surface area (Å²) in [5.74, 6) is 0.955. The fraction of sp³-hybridized carbons (Fsp3) is 0.158. The Bertz CT molecular complexity index is 846. The number of nitrogens with one attached hydrogen (secondary N) is 2. The van der Waals surface area contributed by atoms with Crippen molar-refractivity contribution in [3.63, 3.8) is 0 Å². The molecule has 0 aliphatic carbocycles. The number of benzene rings is 1. The first-order valence-electron chi connectivity index (χ1n) is 8.04. The van der Waals surface area contributed by atoms with E-state index in [1.54, 1.807) is 47.6 Å². The van der Waals surface area contributed by atoms with E-state index in [-0.39, 0.29) is 18.4 Å². The monoisotopic (exact) mass is 386 g/mol. The van der Waals surface area contributed by atoms with Crippen LogP contribution in [-0.4, -0.2) is 18.4 Å². The number of thiophene rings is 1. The Morgan fingerprint density at radius 2 is 1.92 bits per heavy atom. The molecule has 7 heteroatoms. The van der Waals surface area contributed by atoms with Crippen molar-refractivity contribution >= 4 is 34.9 Å². The first-order valence-corrected chi connectivity index (χ1v) is 9.90. The molecule has 3 rings (SSSR count). The molecule has 0 saturated carbocycles. The summed E-state index contributed by atoms with van der Waals surface area (Å²) in [5.41, 5.74) is 0.577. The van der Waals surface area contributed by atoms with Gasteiger partial charge in [-0.05, 0) is 35.7 Å². The van der Waals surface area contributed by atoms with Crippen molar-refractivity contribution < 1.29 is 14.0 Å². The van der Waals surface area contributed by atoms with E-state index in [1.807, 2.05) is 29.6 Å². The normalized spacial score (nSPS) is 10.5. The third-order valence-electron chi connectivity index (χ3n) is 3.53. The predicted molar refractivity (Wildman–Crippen MR) is 103 cm³/mol. The molecule has 2 aromatic heterocycles. The highest BCUT2D eigenvalue weighted by molar-refractivity contribution is 7.98. The maximum Gasteiger partial charge on any atom is 0.252 e. The van der Waals surface area contributed by atoms with Crippen LogP contribution in [0.4, 0.5) is 0 Å². The maximum absolute atomic E-state index is 12.4. The van der Waals surface area contributed by atoms with E-state index in [1.165, 1.54) is 4.88 Å². The molecule has 0 saturated heterocycles. The summed E-state index contributed by atoms with van der Waals surface area (Å²) in [6.45, 7) is 0.221. The molecule has 3 aromatic rings. The Morgan fingerprint density at radius 1 is 1.04 bits per heavy atom. The summed E-state index contributed by atoms with van der Waals surface area (Å²) in [6.07, 6.45) is 1.55. The molecule has 0 spiro atoms. The topological polar surface area (TPSA) is 71.3 Å². The number of carbonyl (C=O) groups is 2. The summed E-state index contributed by atoms with van der Waals surface area (Å²) in [6, 6.07) is 15.0. The van der Waals surface area contributed by atoms with Gasteiger partial charge in [-0.1, -0.05) is 18.2 Å². The van der Waals surface area contributed by atoms with Gasteiger partial charge in [0, 0.05) is 15.5 Å². The molecule has 0 bridgehead atoms. The molecule has 0 atom stereocenters. The molecule has 2 heterocycles. The Hall–Kier alpha value is -2.51. The fourth-order valence-corrected chi connectivity index (χ4v) is 4.06. The first-order chi connectivity index (χ1) is 12.7. The molecular weight excluding hydrogens is 368 g/mol. The molecule has 0 fully saturated rings. The highest BCUT2D eigenvalue weighted by atomic mass is 32.2. The van der Waals surface area contributed by atoms with E-state index in [4.69, 9.17) is 4.42 Å². The number of hydrogen-bond acceptors (Lipinski definition) is 5. The molecule has 1 aromatic carbocycles. The van der Waals surface area contributed by atoms with Gasteiger partial charge in [-0.15, -0.1) is 23.1 Å². The summed E-state index contributed by atoms with van der Waals surface area (Å²) >= 11 is 3.31. The summed E-state index contributed by atoms with van der Waals surface area (Å²) in [5, 5.41) is 7.41. The van der Waals surface area contributed by atoms with Gasteiger partial charge in [0.05, 0.1) is 24.9 Å². The zero-order valence-electron chi connectivity index (χ0n) is 13.9. The van der Waals surface area contributed by atoms with Gasteiger partial charge < -0.3 is 15.1 Å². The van der Waals surface area contributed by atoms with Crippen LogP contribution in [0, 0.1) is 0 Å².